The second-order valence-electron chi connectivity index (χ2n) is 5.54. The monoisotopic (exact) mass is 275 g/mol. The van der Waals surface area contributed by atoms with Gasteiger partial charge in [0.25, 0.3) is 0 Å². The molecule has 2 N–H and O–H groups in total. The molecule has 0 aliphatic heterocycles. The maximum Gasteiger partial charge on any atom is 0.335 e. The van der Waals surface area contributed by atoms with Gasteiger partial charge in [-0.15, -0.1) is 0 Å². The first-order valence-corrected chi connectivity index (χ1v) is 7.18. The summed E-state index contributed by atoms with van der Waals surface area (Å²) in [6, 6.07) is 6.83. The van der Waals surface area contributed by atoms with Crippen molar-refractivity contribution in [3.05, 3.63) is 35.4 Å². The standard InChI is InChI=1S/C16H21NO3/c1-11(12-6-2-3-7-12)17-15(18)10-13-8-4-5-9-14(13)16(19)20/h4-5,8-9,11-12H,2-3,6-7,10H2,1H3,(H,17,18)(H,19,20)/t11-/m1/s1. The van der Waals surface area contributed by atoms with Crippen LogP contribution in [-0.4, -0.2) is 23.0 Å². The zero-order valence-corrected chi connectivity index (χ0v) is 11.8. The molecule has 1 aromatic rings. The summed E-state index contributed by atoms with van der Waals surface area (Å²) in [5.41, 5.74) is 0.771. The Morgan fingerprint density at radius 2 is 1.95 bits per heavy atom. The highest BCUT2D eigenvalue weighted by molar-refractivity contribution is 5.91. The Morgan fingerprint density at radius 3 is 2.60 bits per heavy atom. The van der Waals surface area contributed by atoms with Gasteiger partial charge in [-0.25, -0.2) is 4.79 Å². The Balaban J connectivity index is 1.96. The molecular weight excluding hydrogens is 254 g/mol. The predicted molar refractivity (Wildman–Crippen MR) is 76.7 cm³/mol. The molecule has 20 heavy (non-hydrogen) atoms. The number of carbonyl (C=O) groups excluding carboxylic acids is 1. The SMILES string of the molecule is C[C@@H](NC(=O)Cc1ccccc1C(=O)O)C1CCCC1. The van der Waals surface area contributed by atoms with Crippen LogP contribution in [0.5, 0.6) is 0 Å². The van der Waals surface area contributed by atoms with Gasteiger partial charge in [-0.1, -0.05) is 31.0 Å². The Bertz CT molecular complexity index is 492. The summed E-state index contributed by atoms with van der Waals surface area (Å²) in [5, 5.41) is 12.1. The number of aromatic carboxylic acids is 1. The molecule has 0 heterocycles. The third kappa shape index (κ3) is 3.59. The fourth-order valence-corrected chi connectivity index (χ4v) is 2.94. The van der Waals surface area contributed by atoms with E-state index in [-0.39, 0.29) is 23.9 Å². The zero-order valence-electron chi connectivity index (χ0n) is 11.8. The van der Waals surface area contributed by atoms with E-state index in [1.807, 2.05) is 6.92 Å². The average Bonchev–Trinajstić information content (AvgIpc) is 2.92. The summed E-state index contributed by atoms with van der Waals surface area (Å²) in [5.74, 6) is -0.524. The molecule has 0 aromatic heterocycles. The van der Waals surface area contributed by atoms with Gasteiger partial charge in [-0.2, -0.15) is 0 Å². The van der Waals surface area contributed by atoms with E-state index in [9.17, 15) is 9.59 Å². The van der Waals surface area contributed by atoms with Crippen LogP contribution in [0.1, 0.15) is 48.5 Å². The Kier molecular flexibility index (Phi) is 4.77. The number of hydrogen-bond acceptors (Lipinski definition) is 2. The fraction of sp³-hybridized carbons (Fsp3) is 0.500. The first-order chi connectivity index (χ1) is 9.58. The van der Waals surface area contributed by atoms with E-state index in [4.69, 9.17) is 5.11 Å². The largest absolute Gasteiger partial charge is 0.478 e. The summed E-state index contributed by atoms with van der Waals surface area (Å²) in [6.45, 7) is 2.04. The fourth-order valence-electron chi connectivity index (χ4n) is 2.94. The number of hydrogen-bond donors (Lipinski definition) is 2. The van der Waals surface area contributed by atoms with Crippen molar-refractivity contribution >= 4 is 11.9 Å². The molecule has 1 aliphatic carbocycles. The van der Waals surface area contributed by atoms with Crippen LogP contribution in [0.2, 0.25) is 0 Å². The molecular formula is C16H21NO3. The molecule has 0 saturated heterocycles. The molecule has 0 spiro atoms. The van der Waals surface area contributed by atoms with E-state index in [0.717, 1.165) is 0 Å². The molecule has 0 radical (unpaired) electrons. The van der Waals surface area contributed by atoms with Crippen LogP contribution in [0.25, 0.3) is 0 Å². The van der Waals surface area contributed by atoms with E-state index in [1.165, 1.54) is 31.7 Å². The summed E-state index contributed by atoms with van der Waals surface area (Å²) in [7, 11) is 0. The Morgan fingerprint density at radius 1 is 1.30 bits per heavy atom. The van der Waals surface area contributed by atoms with Crippen molar-refractivity contribution in [2.75, 3.05) is 0 Å². The molecule has 0 bridgehead atoms. The second-order valence-corrected chi connectivity index (χ2v) is 5.54. The normalized spacial score (nSPS) is 16.9. The smallest absolute Gasteiger partial charge is 0.335 e. The molecule has 108 valence electrons. The molecule has 1 atom stereocenters. The van der Waals surface area contributed by atoms with Crippen LogP contribution < -0.4 is 5.32 Å². The highest BCUT2D eigenvalue weighted by Gasteiger charge is 2.23. The molecule has 1 aliphatic rings. The molecule has 1 aromatic carbocycles. The highest BCUT2D eigenvalue weighted by atomic mass is 16.4. The van der Waals surface area contributed by atoms with Crippen LogP contribution >= 0.6 is 0 Å². The lowest BCUT2D eigenvalue weighted by Gasteiger charge is -2.20. The average molecular weight is 275 g/mol. The third-order valence-corrected chi connectivity index (χ3v) is 4.09. The lowest BCUT2D eigenvalue weighted by Crippen LogP contribution is -2.38. The zero-order chi connectivity index (χ0) is 14.5. The van der Waals surface area contributed by atoms with Gasteiger partial charge in [-0.3, -0.25) is 4.79 Å². The van der Waals surface area contributed by atoms with Gasteiger partial charge < -0.3 is 10.4 Å². The van der Waals surface area contributed by atoms with Gasteiger partial charge in [0.1, 0.15) is 0 Å². The van der Waals surface area contributed by atoms with Crippen LogP contribution in [0.4, 0.5) is 0 Å². The molecule has 4 heteroatoms. The molecule has 2 rings (SSSR count). The maximum absolute atomic E-state index is 12.1. The minimum absolute atomic E-state index is 0.0990. The van der Waals surface area contributed by atoms with Gasteiger partial charge in [0.2, 0.25) is 5.91 Å². The van der Waals surface area contributed by atoms with Gasteiger partial charge in [0.05, 0.1) is 12.0 Å². The summed E-state index contributed by atoms with van der Waals surface area (Å²) in [4.78, 5) is 23.2. The van der Waals surface area contributed by atoms with E-state index >= 15 is 0 Å². The number of carboxylic acid groups (broad SMARTS) is 1. The predicted octanol–water partition coefficient (Wildman–Crippen LogP) is 2.62. The van der Waals surface area contributed by atoms with Crippen molar-refractivity contribution in [2.24, 2.45) is 5.92 Å². The molecule has 1 saturated carbocycles. The topological polar surface area (TPSA) is 66.4 Å². The number of rotatable bonds is 5. The number of carbonyl (C=O) groups is 2. The number of carboxylic acids is 1. The van der Waals surface area contributed by atoms with Crippen molar-refractivity contribution in [2.45, 2.75) is 45.1 Å². The first kappa shape index (κ1) is 14.6. The Hall–Kier alpha value is -1.84. The quantitative estimate of drug-likeness (QED) is 0.868. The summed E-state index contributed by atoms with van der Waals surface area (Å²) >= 11 is 0. The van der Waals surface area contributed by atoms with Crippen LogP contribution in [0.15, 0.2) is 24.3 Å². The van der Waals surface area contributed by atoms with E-state index in [1.54, 1.807) is 18.2 Å². The number of benzene rings is 1. The van der Waals surface area contributed by atoms with Gasteiger partial charge in [0, 0.05) is 6.04 Å². The third-order valence-electron chi connectivity index (χ3n) is 4.09. The van der Waals surface area contributed by atoms with E-state index < -0.39 is 5.97 Å². The lowest BCUT2D eigenvalue weighted by molar-refractivity contribution is -0.121. The van der Waals surface area contributed by atoms with E-state index in [0.29, 0.717) is 11.5 Å². The van der Waals surface area contributed by atoms with Gasteiger partial charge >= 0.3 is 5.97 Å². The highest BCUT2D eigenvalue weighted by Crippen LogP contribution is 2.27. The van der Waals surface area contributed by atoms with Crippen LogP contribution in [0.3, 0.4) is 0 Å². The summed E-state index contributed by atoms with van der Waals surface area (Å²) < 4.78 is 0. The molecule has 4 nitrogen and oxygen atoms in total. The number of nitrogens with one attached hydrogen (secondary N) is 1. The molecule has 1 amide bonds. The van der Waals surface area contributed by atoms with Crippen LogP contribution in [0, 0.1) is 5.92 Å². The van der Waals surface area contributed by atoms with E-state index in [2.05, 4.69) is 5.32 Å². The van der Waals surface area contributed by atoms with Crippen molar-refractivity contribution in [3.8, 4) is 0 Å². The molecule has 0 unspecified atom stereocenters. The minimum atomic E-state index is -0.989. The maximum atomic E-state index is 12.1. The van der Waals surface area contributed by atoms with Crippen molar-refractivity contribution in [1.82, 2.24) is 5.32 Å². The van der Waals surface area contributed by atoms with Gasteiger partial charge in [0.15, 0.2) is 0 Å². The lowest BCUT2D eigenvalue weighted by atomic mass is 9.99. The van der Waals surface area contributed by atoms with Crippen LogP contribution in [-0.2, 0) is 11.2 Å². The van der Waals surface area contributed by atoms with Gasteiger partial charge in [-0.05, 0) is 37.3 Å². The molecule has 1 fully saturated rings. The second kappa shape index (κ2) is 6.55. The van der Waals surface area contributed by atoms with Crippen molar-refractivity contribution in [1.29, 1.82) is 0 Å². The first-order valence-electron chi connectivity index (χ1n) is 7.18. The summed E-state index contributed by atoms with van der Waals surface area (Å²) in [6.07, 6.45) is 4.96. The Labute approximate surface area is 119 Å². The number of amides is 1. The van der Waals surface area contributed by atoms with Crippen molar-refractivity contribution in [3.63, 3.8) is 0 Å². The van der Waals surface area contributed by atoms with Crippen molar-refractivity contribution < 1.29 is 14.7 Å². The minimum Gasteiger partial charge on any atom is -0.478 e.